The van der Waals surface area contributed by atoms with Gasteiger partial charge in [0.05, 0.1) is 5.69 Å². The lowest BCUT2D eigenvalue weighted by Crippen LogP contribution is -2.40. The molecule has 1 aromatic carbocycles. The van der Waals surface area contributed by atoms with E-state index >= 15 is 0 Å². The number of nitrogens with zero attached hydrogens (tertiary/aromatic N) is 3. The third kappa shape index (κ3) is 7.76. The minimum absolute atomic E-state index is 0.712. The smallest absolute Gasteiger partial charge is 0.191 e. The molecule has 0 radical (unpaired) electrons. The number of pyridine rings is 1. The molecular formula is C21H31N5O. The summed E-state index contributed by atoms with van der Waals surface area (Å²) in [5.41, 5.74) is 3.30. The molecule has 2 aromatic rings. The van der Waals surface area contributed by atoms with Crippen LogP contribution in [-0.4, -0.2) is 63.3 Å². The lowest BCUT2D eigenvalue weighted by Gasteiger charge is -2.18. The van der Waals surface area contributed by atoms with Crippen molar-refractivity contribution in [2.24, 2.45) is 4.99 Å². The number of guanidine groups is 1. The van der Waals surface area contributed by atoms with Crippen molar-refractivity contribution in [3.8, 4) is 11.3 Å². The summed E-state index contributed by atoms with van der Waals surface area (Å²) in [4.78, 5) is 11.0. The van der Waals surface area contributed by atoms with Crippen LogP contribution < -0.4 is 10.6 Å². The predicted octanol–water partition coefficient (Wildman–Crippen LogP) is 2.38. The molecule has 0 atom stereocenters. The van der Waals surface area contributed by atoms with E-state index in [2.05, 4.69) is 56.8 Å². The van der Waals surface area contributed by atoms with Crippen molar-refractivity contribution >= 4 is 5.96 Å². The Morgan fingerprint density at radius 1 is 1.15 bits per heavy atom. The summed E-state index contributed by atoms with van der Waals surface area (Å²) in [6.07, 6.45) is 2.87. The molecule has 6 heteroatoms. The molecule has 2 N–H and O–H groups in total. The molecule has 2 rings (SSSR count). The molecular weight excluding hydrogens is 338 g/mol. The van der Waals surface area contributed by atoms with Gasteiger partial charge in [0, 0.05) is 58.7 Å². The van der Waals surface area contributed by atoms with E-state index in [1.54, 1.807) is 14.2 Å². The zero-order valence-electron chi connectivity index (χ0n) is 16.6. The van der Waals surface area contributed by atoms with E-state index in [4.69, 9.17) is 4.74 Å². The van der Waals surface area contributed by atoms with Crippen molar-refractivity contribution in [3.05, 3.63) is 54.2 Å². The van der Waals surface area contributed by atoms with E-state index in [0.717, 1.165) is 49.9 Å². The van der Waals surface area contributed by atoms with Crippen molar-refractivity contribution < 1.29 is 4.74 Å². The number of hydrogen-bond acceptors (Lipinski definition) is 4. The largest absolute Gasteiger partial charge is 0.385 e. The van der Waals surface area contributed by atoms with Gasteiger partial charge in [-0.25, -0.2) is 0 Å². The number of methoxy groups -OCH3 is 1. The number of hydrogen-bond donors (Lipinski definition) is 2. The summed E-state index contributed by atoms with van der Waals surface area (Å²) in [6.45, 7) is 4.35. The maximum atomic E-state index is 5.09. The zero-order chi connectivity index (χ0) is 19.3. The van der Waals surface area contributed by atoms with Gasteiger partial charge in [-0.1, -0.05) is 24.3 Å². The molecule has 0 spiro atoms. The fourth-order valence-electron chi connectivity index (χ4n) is 2.74. The Morgan fingerprint density at radius 3 is 2.78 bits per heavy atom. The first-order valence-electron chi connectivity index (χ1n) is 9.35. The highest BCUT2D eigenvalue weighted by atomic mass is 16.5. The highest BCUT2D eigenvalue weighted by Crippen LogP contribution is 2.17. The zero-order valence-corrected chi connectivity index (χ0v) is 16.6. The third-order valence-electron chi connectivity index (χ3n) is 4.25. The van der Waals surface area contributed by atoms with Crippen LogP contribution in [0.4, 0.5) is 0 Å². The summed E-state index contributed by atoms with van der Waals surface area (Å²) in [5, 5.41) is 6.73. The molecule has 6 nitrogen and oxygen atoms in total. The molecule has 0 fully saturated rings. The Kier molecular flexibility index (Phi) is 9.30. The average Bonchev–Trinajstić information content (AvgIpc) is 2.71. The number of likely N-dealkylation sites (N-methyl/N-ethyl adjacent to an activating group) is 1. The molecule has 0 saturated carbocycles. The van der Waals surface area contributed by atoms with Gasteiger partial charge in [-0.2, -0.15) is 0 Å². The molecule has 27 heavy (non-hydrogen) atoms. The number of rotatable bonds is 10. The van der Waals surface area contributed by atoms with E-state index < -0.39 is 0 Å². The van der Waals surface area contributed by atoms with Crippen molar-refractivity contribution in [2.75, 3.05) is 47.4 Å². The monoisotopic (exact) mass is 369 g/mol. The van der Waals surface area contributed by atoms with Crippen LogP contribution in [0.5, 0.6) is 0 Å². The second kappa shape index (κ2) is 12.0. The lowest BCUT2D eigenvalue weighted by molar-refractivity contribution is 0.180. The lowest BCUT2D eigenvalue weighted by atomic mass is 10.1. The molecule has 146 valence electrons. The first-order chi connectivity index (χ1) is 13.2. The topological polar surface area (TPSA) is 61.8 Å². The van der Waals surface area contributed by atoms with Crippen LogP contribution >= 0.6 is 0 Å². The van der Waals surface area contributed by atoms with E-state index in [1.165, 1.54) is 5.56 Å². The fourth-order valence-corrected chi connectivity index (χ4v) is 2.74. The molecule has 0 bridgehead atoms. The van der Waals surface area contributed by atoms with Crippen LogP contribution in [0.15, 0.2) is 53.7 Å². The van der Waals surface area contributed by atoms with E-state index in [0.29, 0.717) is 6.54 Å². The average molecular weight is 370 g/mol. The summed E-state index contributed by atoms with van der Waals surface area (Å²) in [7, 11) is 5.65. The van der Waals surface area contributed by atoms with Crippen LogP contribution in [0.2, 0.25) is 0 Å². The maximum absolute atomic E-state index is 5.09. The van der Waals surface area contributed by atoms with Gasteiger partial charge in [-0.15, -0.1) is 0 Å². The first-order valence-corrected chi connectivity index (χ1v) is 9.35. The van der Waals surface area contributed by atoms with Crippen molar-refractivity contribution in [2.45, 2.75) is 13.0 Å². The fraction of sp³-hybridized carbons (Fsp3) is 0.429. The molecule has 0 saturated heterocycles. The molecule has 1 heterocycles. The minimum atomic E-state index is 0.712. The summed E-state index contributed by atoms with van der Waals surface area (Å²) in [5.74, 6) is 0.809. The Hall–Kier alpha value is -2.44. The highest BCUT2D eigenvalue weighted by Gasteiger charge is 2.03. The van der Waals surface area contributed by atoms with Crippen molar-refractivity contribution in [1.29, 1.82) is 0 Å². The Labute approximate surface area is 162 Å². The summed E-state index contributed by atoms with van der Waals surface area (Å²) >= 11 is 0. The van der Waals surface area contributed by atoms with Crippen molar-refractivity contribution in [1.82, 2.24) is 20.5 Å². The van der Waals surface area contributed by atoms with Crippen LogP contribution in [0.25, 0.3) is 11.3 Å². The Bertz CT molecular complexity index is 690. The summed E-state index contributed by atoms with van der Waals surface area (Å²) in [6, 6.07) is 14.4. The van der Waals surface area contributed by atoms with Crippen LogP contribution in [0.3, 0.4) is 0 Å². The molecule has 0 aliphatic heterocycles. The van der Waals surface area contributed by atoms with Gasteiger partial charge in [0.15, 0.2) is 5.96 Å². The number of aromatic nitrogens is 1. The maximum Gasteiger partial charge on any atom is 0.191 e. The SMILES string of the molecule is CN=C(NCCN(C)CCCOC)NCc1cccc(-c2ccccn2)c1. The third-order valence-corrected chi connectivity index (χ3v) is 4.25. The Morgan fingerprint density at radius 2 is 2.04 bits per heavy atom. The van der Waals surface area contributed by atoms with E-state index in [1.807, 2.05) is 24.4 Å². The predicted molar refractivity (Wildman–Crippen MR) is 112 cm³/mol. The molecule has 0 amide bonds. The molecule has 0 unspecified atom stereocenters. The van der Waals surface area contributed by atoms with Crippen LogP contribution in [-0.2, 0) is 11.3 Å². The number of nitrogens with one attached hydrogen (secondary N) is 2. The van der Waals surface area contributed by atoms with Crippen LogP contribution in [0.1, 0.15) is 12.0 Å². The molecule has 0 aliphatic rings. The molecule has 0 aliphatic carbocycles. The molecule has 1 aromatic heterocycles. The van der Waals surface area contributed by atoms with Gasteiger partial charge in [0.1, 0.15) is 0 Å². The van der Waals surface area contributed by atoms with E-state index in [9.17, 15) is 0 Å². The summed E-state index contributed by atoms with van der Waals surface area (Å²) < 4.78 is 5.09. The van der Waals surface area contributed by atoms with Gasteiger partial charge in [-0.05, 0) is 37.2 Å². The van der Waals surface area contributed by atoms with Crippen molar-refractivity contribution in [3.63, 3.8) is 0 Å². The van der Waals surface area contributed by atoms with Gasteiger partial charge < -0.3 is 20.3 Å². The number of benzene rings is 1. The second-order valence-electron chi connectivity index (χ2n) is 6.42. The van der Waals surface area contributed by atoms with Gasteiger partial charge in [0.2, 0.25) is 0 Å². The minimum Gasteiger partial charge on any atom is -0.385 e. The van der Waals surface area contributed by atoms with E-state index in [-0.39, 0.29) is 0 Å². The normalized spacial score (nSPS) is 11.6. The first kappa shape index (κ1) is 20.9. The van der Waals surface area contributed by atoms with Crippen LogP contribution in [0, 0.1) is 0 Å². The standard InChI is InChI=1S/C21H31N5O/c1-22-21(24-12-14-26(2)13-7-15-27-3)25-17-18-8-6-9-19(16-18)20-10-4-5-11-23-20/h4-6,8-11,16H,7,12-15,17H2,1-3H3,(H2,22,24,25). The second-order valence-corrected chi connectivity index (χ2v) is 6.42. The highest BCUT2D eigenvalue weighted by molar-refractivity contribution is 5.79. The number of ether oxygens (including phenoxy) is 1. The van der Waals surface area contributed by atoms with Gasteiger partial charge in [0.25, 0.3) is 0 Å². The van der Waals surface area contributed by atoms with Gasteiger partial charge >= 0.3 is 0 Å². The Balaban J connectivity index is 1.77. The number of aliphatic imine (C=N–C) groups is 1. The van der Waals surface area contributed by atoms with Gasteiger partial charge in [-0.3, -0.25) is 9.98 Å². The quantitative estimate of drug-likeness (QED) is 0.382.